The van der Waals surface area contributed by atoms with Crippen molar-refractivity contribution >= 4 is 23.6 Å². The van der Waals surface area contributed by atoms with Gasteiger partial charge >= 0.3 is 0 Å². The van der Waals surface area contributed by atoms with Crippen LogP contribution >= 0.6 is 11.8 Å². The van der Waals surface area contributed by atoms with Crippen molar-refractivity contribution in [3.8, 4) is 0 Å². The van der Waals surface area contributed by atoms with E-state index in [0.717, 1.165) is 5.75 Å². The van der Waals surface area contributed by atoms with Gasteiger partial charge in [0.05, 0.1) is 6.26 Å². The largest absolute Gasteiger partial charge is 0.459 e. The first-order valence-corrected chi connectivity index (χ1v) is 9.28. The van der Waals surface area contributed by atoms with Crippen LogP contribution in [-0.4, -0.2) is 54.0 Å². The fourth-order valence-corrected chi connectivity index (χ4v) is 3.29. The summed E-state index contributed by atoms with van der Waals surface area (Å²) < 4.78 is 5.15. The number of hydrogen-bond donors (Lipinski definition) is 0. The highest BCUT2D eigenvalue weighted by Gasteiger charge is 2.26. The molecule has 6 heteroatoms. The molecular weight excluding hydrogens is 324 g/mol. The average molecular weight is 344 g/mol. The lowest BCUT2D eigenvalue weighted by Gasteiger charge is -2.34. The third-order valence-corrected chi connectivity index (χ3v) is 4.72. The molecule has 1 aromatic heterocycles. The van der Waals surface area contributed by atoms with Gasteiger partial charge in [-0.25, -0.2) is 0 Å². The van der Waals surface area contributed by atoms with Crippen molar-refractivity contribution in [1.29, 1.82) is 0 Å². The highest BCUT2D eigenvalue weighted by Crippen LogP contribution is 2.14. The molecule has 1 aliphatic heterocycles. The van der Waals surface area contributed by atoms with E-state index in [2.05, 4.69) is 6.26 Å². The Labute approximate surface area is 145 Å². The average Bonchev–Trinajstić information content (AvgIpc) is 3.16. The smallest absolute Gasteiger partial charge is 0.289 e. The highest BCUT2D eigenvalue weighted by molar-refractivity contribution is 7.97. The van der Waals surface area contributed by atoms with E-state index < -0.39 is 0 Å². The molecule has 0 spiro atoms. The van der Waals surface area contributed by atoms with Crippen molar-refractivity contribution in [1.82, 2.24) is 9.80 Å². The molecule has 2 amide bonds. The van der Waals surface area contributed by atoms with Crippen LogP contribution in [0.4, 0.5) is 0 Å². The lowest BCUT2D eigenvalue weighted by molar-refractivity contribution is 0.0518. The Hall–Kier alpha value is -2.21. The maximum absolute atomic E-state index is 12.6. The molecule has 1 fully saturated rings. The zero-order valence-corrected chi connectivity index (χ0v) is 14.4. The molecule has 0 radical (unpaired) electrons. The van der Waals surface area contributed by atoms with E-state index >= 15 is 0 Å². The van der Waals surface area contributed by atoms with Crippen LogP contribution < -0.4 is 0 Å². The second-order valence-corrected chi connectivity index (χ2v) is 6.56. The number of nitrogens with zero attached hydrogens (tertiary/aromatic N) is 2. The predicted molar refractivity (Wildman–Crippen MR) is 94.2 cm³/mol. The molecule has 2 heterocycles. The fraction of sp³-hybridized carbons (Fsp3) is 0.333. The van der Waals surface area contributed by atoms with Crippen molar-refractivity contribution in [2.45, 2.75) is 5.75 Å². The zero-order chi connectivity index (χ0) is 16.9. The summed E-state index contributed by atoms with van der Waals surface area (Å²) in [5.74, 6) is 1.20. The second kappa shape index (κ2) is 7.57. The van der Waals surface area contributed by atoms with Crippen molar-refractivity contribution < 1.29 is 14.0 Å². The molecule has 0 atom stereocenters. The number of piperazine rings is 1. The fourth-order valence-electron chi connectivity index (χ4n) is 2.76. The summed E-state index contributed by atoms with van der Waals surface area (Å²) in [6.45, 7) is 2.13. The number of thioether (sulfide) groups is 1. The topological polar surface area (TPSA) is 53.8 Å². The van der Waals surface area contributed by atoms with Crippen LogP contribution in [-0.2, 0) is 5.75 Å². The first kappa shape index (κ1) is 16.6. The van der Waals surface area contributed by atoms with Crippen LogP contribution in [0.25, 0.3) is 0 Å². The summed E-state index contributed by atoms with van der Waals surface area (Å²) in [5, 5.41) is 0. The molecule has 1 aliphatic rings. The van der Waals surface area contributed by atoms with Crippen LogP contribution in [0.1, 0.15) is 26.5 Å². The monoisotopic (exact) mass is 344 g/mol. The number of carbonyl (C=O) groups is 2. The van der Waals surface area contributed by atoms with Crippen LogP contribution in [0.5, 0.6) is 0 Å². The standard InChI is InChI=1S/C18H20N2O3S/c1-24-13-14-4-6-15(7-5-14)17(21)19-8-10-20(11-9-19)18(22)16-3-2-12-23-16/h2-7,12H,8-11,13H2,1H3. The molecular formula is C18H20N2O3S. The first-order chi connectivity index (χ1) is 11.7. The van der Waals surface area contributed by atoms with E-state index in [-0.39, 0.29) is 11.8 Å². The molecule has 24 heavy (non-hydrogen) atoms. The highest BCUT2D eigenvalue weighted by atomic mass is 32.2. The molecule has 0 aliphatic carbocycles. The van der Waals surface area contributed by atoms with Gasteiger partial charge in [-0.3, -0.25) is 9.59 Å². The molecule has 0 unspecified atom stereocenters. The SMILES string of the molecule is CSCc1ccc(C(=O)N2CCN(C(=O)c3ccco3)CC2)cc1. The van der Waals surface area contributed by atoms with E-state index in [9.17, 15) is 9.59 Å². The van der Waals surface area contributed by atoms with E-state index in [0.29, 0.717) is 37.5 Å². The first-order valence-electron chi connectivity index (χ1n) is 7.89. The van der Waals surface area contributed by atoms with Gasteiger partial charge < -0.3 is 14.2 Å². The number of benzene rings is 1. The maximum atomic E-state index is 12.6. The molecule has 1 saturated heterocycles. The van der Waals surface area contributed by atoms with Gasteiger partial charge in [-0.1, -0.05) is 12.1 Å². The predicted octanol–water partition coefficient (Wildman–Crippen LogP) is 2.74. The molecule has 0 N–H and O–H groups in total. The minimum Gasteiger partial charge on any atom is -0.459 e. The number of furan rings is 1. The minimum atomic E-state index is -0.117. The summed E-state index contributed by atoms with van der Waals surface area (Å²) in [4.78, 5) is 28.3. The summed E-state index contributed by atoms with van der Waals surface area (Å²) in [6, 6.07) is 11.1. The van der Waals surface area contributed by atoms with Crippen molar-refractivity contribution in [2.24, 2.45) is 0 Å². The van der Waals surface area contributed by atoms with Crippen molar-refractivity contribution in [3.63, 3.8) is 0 Å². The number of hydrogen-bond acceptors (Lipinski definition) is 4. The Kier molecular flexibility index (Phi) is 5.25. The van der Waals surface area contributed by atoms with Crippen LogP contribution in [0.3, 0.4) is 0 Å². The molecule has 0 saturated carbocycles. The Bertz CT molecular complexity index is 690. The third-order valence-electron chi connectivity index (χ3n) is 4.10. The van der Waals surface area contributed by atoms with E-state index in [4.69, 9.17) is 4.42 Å². The Morgan fingerprint density at radius 2 is 1.62 bits per heavy atom. The third kappa shape index (κ3) is 3.64. The Morgan fingerprint density at radius 3 is 2.17 bits per heavy atom. The van der Waals surface area contributed by atoms with Crippen LogP contribution in [0, 0.1) is 0 Å². The second-order valence-electron chi connectivity index (χ2n) is 5.69. The van der Waals surface area contributed by atoms with Gasteiger partial charge in [-0.2, -0.15) is 11.8 Å². The summed E-state index contributed by atoms with van der Waals surface area (Å²) in [5.41, 5.74) is 1.92. The molecule has 3 rings (SSSR count). The summed E-state index contributed by atoms with van der Waals surface area (Å²) >= 11 is 1.76. The molecule has 126 valence electrons. The number of amides is 2. The van der Waals surface area contributed by atoms with E-state index in [1.165, 1.54) is 11.8 Å². The zero-order valence-electron chi connectivity index (χ0n) is 13.6. The van der Waals surface area contributed by atoms with Gasteiger partial charge in [-0.15, -0.1) is 0 Å². The molecule has 2 aromatic rings. The van der Waals surface area contributed by atoms with E-state index in [1.807, 2.05) is 24.3 Å². The lowest BCUT2D eigenvalue weighted by atomic mass is 10.1. The Balaban J connectivity index is 1.57. The van der Waals surface area contributed by atoms with Gasteiger partial charge in [0.2, 0.25) is 0 Å². The number of rotatable bonds is 4. The molecule has 5 nitrogen and oxygen atoms in total. The maximum Gasteiger partial charge on any atom is 0.289 e. The van der Waals surface area contributed by atoms with E-state index in [1.54, 1.807) is 33.7 Å². The quantitative estimate of drug-likeness (QED) is 0.856. The molecule has 0 bridgehead atoms. The van der Waals surface area contributed by atoms with Crippen LogP contribution in [0.15, 0.2) is 47.1 Å². The number of carbonyl (C=O) groups excluding carboxylic acids is 2. The van der Waals surface area contributed by atoms with Gasteiger partial charge in [0.25, 0.3) is 11.8 Å². The summed E-state index contributed by atoms with van der Waals surface area (Å²) in [7, 11) is 0. The molecule has 1 aromatic carbocycles. The van der Waals surface area contributed by atoms with Gasteiger partial charge in [0.1, 0.15) is 0 Å². The normalized spacial score (nSPS) is 14.7. The van der Waals surface area contributed by atoms with Gasteiger partial charge in [0, 0.05) is 37.5 Å². The van der Waals surface area contributed by atoms with Gasteiger partial charge in [-0.05, 0) is 36.1 Å². The summed E-state index contributed by atoms with van der Waals surface area (Å²) in [6.07, 6.45) is 3.55. The van der Waals surface area contributed by atoms with Gasteiger partial charge in [0.15, 0.2) is 5.76 Å². The minimum absolute atomic E-state index is 0.0239. The lowest BCUT2D eigenvalue weighted by Crippen LogP contribution is -2.50. The van der Waals surface area contributed by atoms with Crippen LogP contribution in [0.2, 0.25) is 0 Å². The van der Waals surface area contributed by atoms with Crippen molar-refractivity contribution in [2.75, 3.05) is 32.4 Å². The van der Waals surface area contributed by atoms with Crippen molar-refractivity contribution in [3.05, 3.63) is 59.5 Å². The Morgan fingerprint density at radius 1 is 1.00 bits per heavy atom.